The summed E-state index contributed by atoms with van der Waals surface area (Å²) in [6.45, 7) is 4.32. The van der Waals surface area contributed by atoms with E-state index in [0.29, 0.717) is 0 Å². The average molecular weight is 348 g/mol. The number of nitrogens with two attached hydrogens (primary N) is 1. The Morgan fingerprint density at radius 1 is 1.04 bits per heavy atom. The van der Waals surface area contributed by atoms with E-state index in [-0.39, 0.29) is 11.7 Å². The summed E-state index contributed by atoms with van der Waals surface area (Å²) >= 11 is 4.00. The minimum absolute atomic E-state index is 0.0197. The molecule has 132 valence electrons. The molecule has 0 heterocycles. The Kier molecular flexibility index (Phi) is 9.27. The van der Waals surface area contributed by atoms with Gasteiger partial charge in [-0.2, -0.15) is 12.6 Å². The van der Waals surface area contributed by atoms with Gasteiger partial charge in [-0.05, 0) is 12.8 Å². The predicted octanol–water partition coefficient (Wildman–Crippen LogP) is -1.91. The van der Waals surface area contributed by atoms with E-state index in [1.165, 1.54) is 6.92 Å². The molecule has 0 spiro atoms. The number of nitrogens with one attached hydrogen (secondary N) is 3. The Morgan fingerprint density at radius 2 is 1.61 bits per heavy atom. The van der Waals surface area contributed by atoms with Gasteiger partial charge in [-0.3, -0.25) is 19.2 Å². The Balaban J connectivity index is 4.84. The van der Waals surface area contributed by atoms with Gasteiger partial charge in [0.1, 0.15) is 18.6 Å². The molecule has 0 rings (SSSR count). The van der Waals surface area contributed by atoms with Crippen molar-refractivity contribution in [2.45, 2.75) is 38.9 Å². The fraction of sp³-hybridized carbons (Fsp3) is 0.692. The van der Waals surface area contributed by atoms with Crippen molar-refractivity contribution in [3.63, 3.8) is 0 Å². The number of carbonyl (C=O) groups is 4. The van der Waals surface area contributed by atoms with Crippen LogP contribution in [0.5, 0.6) is 0 Å². The van der Waals surface area contributed by atoms with Gasteiger partial charge in [0.15, 0.2) is 0 Å². The number of thiol groups is 1. The molecule has 0 fully saturated rings. The van der Waals surface area contributed by atoms with Crippen LogP contribution in [0, 0.1) is 5.92 Å². The molecule has 0 aliphatic rings. The van der Waals surface area contributed by atoms with Crippen LogP contribution in [-0.2, 0) is 19.2 Å². The molecule has 0 aliphatic carbocycles. The van der Waals surface area contributed by atoms with Crippen LogP contribution in [0.4, 0.5) is 0 Å². The summed E-state index contributed by atoms with van der Waals surface area (Å²) in [5.74, 6) is -3.19. The van der Waals surface area contributed by atoms with Gasteiger partial charge in [-0.1, -0.05) is 13.8 Å². The van der Waals surface area contributed by atoms with Gasteiger partial charge in [-0.15, -0.1) is 0 Å². The summed E-state index contributed by atoms with van der Waals surface area (Å²) in [5, 5.41) is 15.7. The molecule has 10 heteroatoms. The molecule has 0 aromatic carbocycles. The second-order valence-electron chi connectivity index (χ2n) is 5.37. The van der Waals surface area contributed by atoms with Gasteiger partial charge in [0.25, 0.3) is 0 Å². The van der Waals surface area contributed by atoms with E-state index >= 15 is 0 Å². The second kappa shape index (κ2) is 10.1. The first-order valence-corrected chi connectivity index (χ1v) is 7.70. The number of rotatable bonds is 9. The highest BCUT2D eigenvalue weighted by atomic mass is 32.1. The topological polar surface area (TPSA) is 151 Å². The van der Waals surface area contributed by atoms with Gasteiger partial charge in [0.05, 0.1) is 6.04 Å². The standard InChI is InChI=1S/C13H24N4O5S/c1-6(2)10(13(22)15-4-9(18)19)17-12(21)8(5-23)16-11(20)7(3)14/h6-8,10,23H,4-5,14H2,1-3H3,(H,15,22)(H,16,20)(H,17,21)(H,18,19). The van der Waals surface area contributed by atoms with Crippen LogP contribution in [-0.4, -0.2) is 59.2 Å². The zero-order valence-electron chi connectivity index (χ0n) is 13.3. The molecule has 0 saturated heterocycles. The molecular formula is C13H24N4O5S. The first kappa shape index (κ1) is 21.2. The monoisotopic (exact) mass is 348 g/mol. The molecular weight excluding hydrogens is 324 g/mol. The zero-order valence-corrected chi connectivity index (χ0v) is 14.2. The van der Waals surface area contributed by atoms with E-state index in [1.54, 1.807) is 13.8 Å². The highest BCUT2D eigenvalue weighted by molar-refractivity contribution is 7.80. The Labute approximate surface area is 140 Å². The number of carboxylic acid groups (broad SMARTS) is 1. The predicted molar refractivity (Wildman–Crippen MR) is 86.8 cm³/mol. The van der Waals surface area contributed by atoms with Gasteiger partial charge >= 0.3 is 5.97 Å². The van der Waals surface area contributed by atoms with Crippen molar-refractivity contribution in [2.75, 3.05) is 12.3 Å². The third-order valence-corrected chi connectivity index (χ3v) is 3.26. The molecule has 0 radical (unpaired) electrons. The molecule has 0 aromatic heterocycles. The molecule has 0 saturated carbocycles. The molecule has 3 unspecified atom stereocenters. The third-order valence-electron chi connectivity index (χ3n) is 2.89. The summed E-state index contributed by atoms with van der Waals surface area (Å²) in [6, 6.07) is -2.67. The van der Waals surface area contributed by atoms with Crippen LogP contribution in [0.15, 0.2) is 0 Å². The summed E-state index contributed by atoms with van der Waals surface area (Å²) in [4.78, 5) is 46.2. The van der Waals surface area contributed by atoms with Gasteiger partial charge in [0, 0.05) is 5.75 Å². The van der Waals surface area contributed by atoms with Gasteiger partial charge < -0.3 is 26.8 Å². The zero-order chi connectivity index (χ0) is 18.2. The largest absolute Gasteiger partial charge is 0.480 e. The van der Waals surface area contributed by atoms with Crippen LogP contribution in [0.2, 0.25) is 0 Å². The van der Waals surface area contributed by atoms with Crippen molar-refractivity contribution in [1.29, 1.82) is 0 Å². The summed E-state index contributed by atoms with van der Waals surface area (Å²) in [7, 11) is 0. The minimum atomic E-state index is -1.19. The molecule has 3 amide bonds. The van der Waals surface area contributed by atoms with E-state index in [9.17, 15) is 19.2 Å². The lowest BCUT2D eigenvalue weighted by Gasteiger charge is -2.24. The van der Waals surface area contributed by atoms with Crippen molar-refractivity contribution < 1.29 is 24.3 Å². The maximum absolute atomic E-state index is 12.2. The molecule has 9 nitrogen and oxygen atoms in total. The van der Waals surface area contributed by atoms with Crippen LogP contribution in [0.1, 0.15) is 20.8 Å². The highest BCUT2D eigenvalue weighted by Crippen LogP contribution is 2.03. The number of aliphatic carboxylic acids is 1. The van der Waals surface area contributed by atoms with Crippen LogP contribution < -0.4 is 21.7 Å². The number of carbonyl (C=O) groups excluding carboxylic acids is 3. The minimum Gasteiger partial charge on any atom is -0.480 e. The highest BCUT2D eigenvalue weighted by Gasteiger charge is 2.28. The Hall–Kier alpha value is -1.81. The van der Waals surface area contributed by atoms with Crippen molar-refractivity contribution in [3.8, 4) is 0 Å². The molecule has 6 N–H and O–H groups in total. The van der Waals surface area contributed by atoms with Crippen LogP contribution in [0.25, 0.3) is 0 Å². The lowest BCUT2D eigenvalue weighted by Crippen LogP contribution is -2.57. The summed E-state index contributed by atoms with van der Waals surface area (Å²) < 4.78 is 0. The fourth-order valence-corrected chi connectivity index (χ4v) is 1.82. The van der Waals surface area contributed by atoms with E-state index in [2.05, 4.69) is 28.6 Å². The molecule has 0 bridgehead atoms. The molecule has 3 atom stereocenters. The maximum atomic E-state index is 12.2. The van der Waals surface area contributed by atoms with Gasteiger partial charge in [-0.25, -0.2) is 0 Å². The second-order valence-corrected chi connectivity index (χ2v) is 5.74. The van der Waals surface area contributed by atoms with Crippen molar-refractivity contribution in [2.24, 2.45) is 11.7 Å². The first-order valence-electron chi connectivity index (χ1n) is 7.06. The van der Waals surface area contributed by atoms with Crippen molar-refractivity contribution >= 4 is 36.3 Å². The van der Waals surface area contributed by atoms with E-state index in [0.717, 1.165) is 0 Å². The van der Waals surface area contributed by atoms with Crippen molar-refractivity contribution in [3.05, 3.63) is 0 Å². The van der Waals surface area contributed by atoms with E-state index < -0.39 is 48.4 Å². The number of amides is 3. The average Bonchev–Trinajstić information content (AvgIpc) is 2.46. The Morgan fingerprint density at radius 3 is 2.00 bits per heavy atom. The number of hydrogen-bond donors (Lipinski definition) is 6. The molecule has 23 heavy (non-hydrogen) atoms. The summed E-state index contributed by atoms with van der Waals surface area (Å²) in [6.07, 6.45) is 0. The van der Waals surface area contributed by atoms with E-state index in [1.807, 2.05) is 0 Å². The van der Waals surface area contributed by atoms with Crippen LogP contribution >= 0.6 is 12.6 Å². The normalized spacial score (nSPS) is 14.5. The quantitative estimate of drug-likeness (QED) is 0.268. The first-order chi connectivity index (χ1) is 10.6. The third kappa shape index (κ3) is 7.84. The molecule has 0 aromatic rings. The lowest BCUT2D eigenvalue weighted by atomic mass is 10.0. The van der Waals surface area contributed by atoms with E-state index in [4.69, 9.17) is 10.8 Å². The molecule has 0 aliphatic heterocycles. The number of hydrogen-bond acceptors (Lipinski definition) is 6. The Bertz CT molecular complexity index is 456. The lowest BCUT2D eigenvalue weighted by molar-refractivity contribution is -0.138. The van der Waals surface area contributed by atoms with Crippen LogP contribution in [0.3, 0.4) is 0 Å². The SMILES string of the molecule is CC(N)C(=O)NC(CS)C(=O)NC(C(=O)NCC(=O)O)C(C)C. The maximum Gasteiger partial charge on any atom is 0.322 e. The van der Waals surface area contributed by atoms with Crippen molar-refractivity contribution in [1.82, 2.24) is 16.0 Å². The number of carboxylic acids is 1. The fourth-order valence-electron chi connectivity index (χ4n) is 1.56. The van der Waals surface area contributed by atoms with Gasteiger partial charge in [0.2, 0.25) is 17.7 Å². The summed E-state index contributed by atoms with van der Waals surface area (Å²) in [5.41, 5.74) is 5.42. The smallest absolute Gasteiger partial charge is 0.322 e.